The number of pyridine rings is 1. The van der Waals surface area contributed by atoms with E-state index in [2.05, 4.69) is 30.7 Å². The van der Waals surface area contributed by atoms with Gasteiger partial charge in [-0.3, -0.25) is 0 Å². The molecule has 0 fully saturated rings. The molecule has 0 spiro atoms. The summed E-state index contributed by atoms with van der Waals surface area (Å²) in [5, 5.41) is 12.0. The van der Waals surface area contributed by atoms with E-state index in [4.69, 9.17) is 9.84 Å². The predicted molar refractivity (Wildman–Crippen MR) is 81.1 cm³/mol. The van der Waals surface area contributed by atoms with Crippen LogP contribution in [0.1, 0.15) is 47.7 Å². The highest BCUT2D eigenvalue weighted by Gasteiger charge is 2.18. The summed E-state index contributed by atoms with van der Waals surface area (Å²) in [6.45, 7) is 8.27. The summed E-state index contributed by atoms with van der Waals surface area (Å²) >= 11 is 1.51. The monoisotopic (exact) mass is 306 g/mol. The predicted octanol–water partition coefficient (Wildman–Crippen LogP) is 3.42. The minimum atomic E-state index is -1.09. The van der Waals surface area contributed by atoms with Gasteiger partial charge in [0.25, 0.3) is 0 Å². The van der Waals surface area contributed by atoms with Gasteiger partial charge in [-0.25, -0.2) is 14.8 Å². The average molecular weight is 306 g/mol. The molecule has 0 radical (unpaired) electrons. The molecule has 0 aliphatic carbocycles. The zero-order valence-electron chi connectivity index (χ0n) is 12.5. The first-order chi connectivity index (χ1) is 9.77. The van der Waals surface area contributed by atoms with Crippen molar-refractivity contribution in [1.29, 1.82) is 0 Å². The summed E-state index contributed by atoms with van der Waals surface area (Å²) in [6.07, 6.45) is 0. The number of carbonyl (C=O) groups is 1. The molecule has 0 aliphatic heterocycles. The van der Waals surface area contributed by atoms with Gasteiger partial charge in [-0.2, -0.15) is 0 Å². The first-order valence-electron chi connectivity index (χ1n) is 6.56. The second-order valence-corrected chi connectivity index (χ2v) is 6.71. The Morgan fingerprint density at radius 2 is 2.05 bits per heavy atom. The van der Waals surface area contributed by atoms with Gasteiger partial charge in [0.05, 0.1) is 5.69 Å². The second-order valence-electron chi connectivity index (χ2n) is 5.77. The summed E-state index contributed by atoms with van der Waals surface area (Å²) in [4.78, 5) is 19.7. The molecule has 0 atom stereocenters. The molecule has 21 heavy (non-hydrogen) atoms. The fraction of sp³-hybridized carbons (Fsp3) is 0.400. The Hall–Kier alpha value is -1.95. The minimum absolute atomic E-state index is 0.00755. The third kappa shape index (κ3) is 3.78. The SMILES string of the molecule is Cc1ccc(OCc2nc(C(C)(C)C)cs2)c(C(=O)O)n1. The lowest BCUT2D eigenvalue weighted by atomic mass is 9.93. The number of carboxylic acid groups (broad SMARTS) is 1. The maximum absolute atomic E-state index is 11.2. The Morgan fingerprint density at radius 3 is 2.62 bits per heavy atom. The van der Waals surface area contributed by atoms with Gasteiger partial charge < -0.3 is 9.84 Å². The molecule has 6 heteroatoms. The lowest BCUT2D eigenvalue weighted by Crippen LogP contribution is -2.12. The van der Waals surface area contributed by atoms with Crippen molar-refractivity contribution in [3.05, 3.63) is 39.6 Å². The molecule has 2 heterocycles. The number of aryl methyl sites for hydroxylation is 1. The topological polar surface area (TPSA) is 72.3 Å². The van der Waals surface area contributed by atoms with Crippen molar-refractivity contribution in [1.82, 2.24) is 9.97 Å². The molecule has 5 nitrogen and oxygen atoms in total. The van der Waals surface area contributed by atoms with E-state index in [0.29, 0.717) is 5.69 Å². The average Bonchev–Trinajstić information content (AvgIpc) is 2.85. The lowest BCUT2D eigenvalue weighted by Gasteiger charge is -2.14. The van der Waals surface area contributed by atoms with Crippen LogP contribution < -0.4 is 4.74 Å². The van der Waals surface area contributed by atoms with Gasteiger partial charge >= 0.3 is 5.97 Å². The summed E-state index contributed by atoms with van der Waals surface area (Å²) in [7, 11) is 0. The zero-order valence-corrected chi connectivity index (χ0v) is 13.3. The standard InChI is InChI=1S/C15H18N2O3S/c1-9-5-6-10(13(16-9)14(18)19)20-7-12-17-11(8-21-12)15(2,3)4/h5-6,8H,7H2,1-4H3,(H,18,19). The number of hydrogen-bond acceptors (Lipinski definition) is 5. The molecule has 112 valence electrons. The van der Waals surface area contributed by atoms with E-state index in [-0.39, 0.29) is 23.5 Å². The molecule has 2 aromatic rings. The van der Waals surface area contributed by atoms with Crippen LogP contribution >= 0.6 is 11.3 Å². The maximum atomic E-state index is 11.2. The molecule has 2 rings (SSSR count). The smallest absolute Gasteiger partial charge is 0.358 e. The highest BCUT2D eigenvalue weighted by molar-refractivity contribution is 7.09. The van der Waals surface area contributed by atoms with Crippen LogP contribution in [0, 0.1) is 6.92 Å². The Morgan fingerprint density at radius 1 is 1.33 bits per heavy atom. The fourth-order valence-electron chi connectivity index (χ4n) is 1.67. The van der Waals surface area contributed by atoms with Crippen molar-refractivity contribution in [3.63, 3.8) is 0 Å². The molecule has 0 aliphatic rings. The quantitative estimate of drug-likeness (QED) is 0.937. The molecule has 1 N–H and O–H groups in total. The molecule has 0 bridgehead atoms. The van der Waals surface area contributed by atoms with Crippen molar-refractivity contribution in [3.8, 4) is 5.75 Å². The third-order valence-electron chi connectivity index (χ3n) is 2.87. The number of ether oxygens (including phenoxy) is 1. The summed E-state index contributed by atoms with van der Waals surface area (Å²) in [5.74, 6) is -0.830. The van der Waals surface area contributed by atoms with Crippen LogP contribution in [0.2, 0.25) is 0 Å². The number of aromatic nitrogens is 2. The van der Waals surface area contributed by atoms with E-state index in [1.165, 1.54) is 11.3 Å². The Kier molecular flexibility index (Phi) is 4.27. The van der Waals surface area contributed by atoms with Crippen molar-refractivity contribution < 1.29 is 14.6 Å². The Bertz CT molecular complexity index is 659. The third-order valence-corrected chi connectivity index (χ3v) is 3.69. The van der Waals surface area contributed by atoms with Crippen molar-refractivity contribution in [2.75, 3.05) is 0 Å². The number of nitrogens with zero attached hydrogens (tertiary/aromatic N) is 2. The van der Waals surface area contributed by atoms with E-state index in [0.717, 1.165) is 10.7 Å². The van der Waals surface area contributed by atoms with E-state index in [1.54, 1.807) is 19.1 Å². The zero-order chi connectivity index (χ0) is 15.6. The normalized spacial score (nSPS) is 11.4. The second kappa shape index (κ2) is 5.81. The van der Waals surface area contributed by atoms with Crippen LogP contribution in [0.25, 0.3) is 0 Å². The van der Waals surface area contributed by atoms with E-state index >= 15 is 0 Å². The van der Waals surface area contributed by atoms with Crippen LogP contribution in [0.15, 0.2) is 17.5 Å². The van der Waals surface area contributed by atoms with Crippen LogP contribution in [0.4, 0.5) is 0 Å². The number of thiazole rings is 1. The highest BCUT2D eigenvalue weighted by Crippen LogP contribution is 2.25. The van der Waals surface area contributed by atoms with Crippen molar-refractivity contribution in [2.24, 2.45) is 0 Å². The minimum Gasteiger partial charge on any atom is -0.484 e. The van der Waals surface area contributed by atoms with E-state index < -0.39 is 5.97 Å². The van der Waals surface area contributed by atoms with Gasteiger partial charge in [0.1, 0.15) is 11.6 Å². The Balaban J connectivity index is 2.13. The van der Waals surface area contributed by atoms with Gasteiger partial charge in [-0.1, -0.05) is 20.8 Å². The molecule has 0 amide bonds. The first-order valence-corrected chi connectivity index (χ1v) is 7.44. The highest BCUT2D eigenvalue weighted by atomic mass is 32.1. The Labute approximate surface area is 127 Å². The van der Waals surface area contributed by atoms with Crippen molar-refractivity contribution >= 4 is 17.3 Å². The van der Waals surface area contributed by atoms with Gasteiger partial charge in [0.2, 0.25) is 0 Å². The van der Waals surface area contributed by atoms with Crippen molar-refractivity contribution in [2.45, 2.75) is 39.7 Å². The van der Waals surface area contributed by atoms with E-state index in [9.17, 15) is 4.79 Å². The first kappa shape index (κ1) is 15.4. The largest absolute Gasteiger partial charge is 0.484 e. The number of rotatable bonds is 4. The molecule has 0 unspecified atom stereocenters. The fourth-order valence-corrected chi connectivity index (χ4v) is 2.61. The van der Waals surface area contributed by atoms with Gasteiger partial charge in [-0.05, 0) is 19.1 Å². The number of carboxylic acids is 1. The summed E-state index contributed by atoms with van der Waals surface area (Å²) in [6, 6.07) is 3.36. The van der Waals surface area contributed by atoms with Gasteiger partial charge in [-0.15, -0.1) is 11.3 Å². The molecule has 0 saturated carbocycles. The summed E-state index contributed by atoms with van der Waals surface area (Å²) < 4.78 is 5.57. The van der Waals surface area contributed by atoms with Gasteiger partial charge in [0, 0.05) is 16.5 Å². The van der Waals surface area contributed by atoms with Crippen LogP contribution in [-0.4, -0.2) is 21.0 Å². The molecule has 0 saturated heterocycles. The number of hydrogen-bond donors (Lipinski definition) is 1. The molecule has 2 aromatic heterocycles. The van der Waals surface area contributed by atoms with Gasteiger partial charge in [0.15, 0.2) is 11.4 Å². The van der Waals surface area contributed by atoms with E-state index in [1.807, 2.05) is 5.38 Å². The maximum Gasteiger partial charge on any atom is 0.358 e. The number of aromatic carboxylic acids is 1. The lowest BCUT2D eigenvalue weighted by molar-refractivity contribution is 0.0684. The van der Waals surface area contributed by atoms with Crippen LogP contribution in [0.5, 0.6) is 5.75 Å². The van der Waals surface area contributed by atoms with Crippen LogP contribution in [-0.2, 0) is 12.0 Å². The van der Waals surface area contributed by atoms with Crippen LogP contribution in [0.3, 0.4) is 0 Å². The molecular weight excluding hydrogens is 288 g/mol. The molecule has 0 aromatic carbocycles. The summed E-state index contributed by atoms with van der Waals surface area (Å²) in [5.41, 5.74) is 1.57. The molecular formula is C15H18N2O3S.